The molecule has 4 rings (SSSR count). The molecule has 1 N–H and O–H groups in total. The van der Waals surface area contributed by atoms with Crippen LogP contribution in [0.25, 0.3) is 5.69 Å². The molecule has 2 heterocycles. The highest BCUT2D eigenvalue weighted by Crippen LogP contribution is 2.32. The summed E-state index contributed by atoms with van der Waals surface area (Å²) in [6, 6.07) is 19.7. The fourth-order valence-corrected chi connectivity index (χ4v) is 4.17. The Morgan fingerprint density at radius 1 is 1.21 bits per heavy atom. The molecule has 0 aliphatic carbocycles. The van der Waals surface area contributed by atoms with Crippen LogP contribution in [-0.2, 0) is 11.3 Å². The molecule has 1 saturated heterocycles. The van der Waals surface area contributed by atoms with Gasteiger partial charge in [-0.15, -0.1) is 6.58 Å². The first kappa shape index (κ1) is 23.2. The lowest BCUT2D eigenvalue weighted by atomic mass is 10.1. The number of aryl methyl sites for hydroxylation is 1. The largest absolute Gasteiger partial charge is 0.439 e. The Morgan fingerprint density at radius 2 is 1.91 bits per heavy atom. The normalized spacial score (nSPS) is 17.8. The maximum Gasteiger partial charge on any atom is 0.227 e. The minimum absolute atomic E-state index is 0.161. The van der Waals surface area contributed by atoms with Gasteiger partial charge in [0.15, 0.2) is 0 Å². The molecule has 1 aromatic heterocycles. The first-order chi connectivity index (χ1) is 15.9. The average Bonchev–Trinajstić information content (AvgIpc) is 3.43. The number of benzene rings is 2. The van der Waals surface area contributed by atoms with E-state index in [-0.39, 0.29) is 6.10 Å². The zero-order valence-corrected chi connectivity index (χ0v) is 19.5. The Hall–Kier alpha value is -2.93. The van der Waals surface area contributed by atoms with Crippen LogP contribution in [0.4, 0.5) is 0 Å². The third-order valence-electron chi connectivity index (χ3n) is 5.95. The Kier molecular flexibility index (Phi) is 7.28. The van der Waals surface area contributed by atoms with Crippen LogP contribution in [0, 0.1) is 6.92 Å². The fraction of sp³-hybridized carbons (Fsp3) is 0.370. The molecule has 6 nitrogen and oxygen atoms in total. The number of para-hydroxylation sites is 2. The monoisotopic (exact) mass is 447 g/mol. The van der Waals surface area contributed by atoms with Gasteiger partial charge < -0.3 is 14.6 Å². The number of hydrogen-bond donors (Lipinski definition) is 1. The van der Waals surface area contributed by atoms with Gasteiger partial charge in [0.25, 0.3) is 0 Å². The quantitative estimate of drug-likeness (QED) is 0.449. The zero-order chi connectivity index (χ0) is 23.3. The zero-order valence-electron chi connectivity index (χ0n) is 19.5. The fourth-order valence-electron chi connectivity index (χ4n) is 4.17. The number of hydrogen-bond acceptors (Lipinski definition) is 5. The maximum atomic E-state index is 10.7. The molecule has 0 radical (unpaired) electrons. The molecule has 33 heavy (non-hydrogen) atoms. The summed E-state index contributed by atoms with van der Waals surface area (Å²) in [7, 11) is 0. The minimum Gasteiger partial charge on any atom is -0.439 e. The van der Waals surface area contributed by atoms with E-state index in [0.717, 1.165) is 48.7 Å². The van der Waals surface area contributed by atoms with Crippen molar-refractivity contribution in [3.8, 4) is 17.3 Å². The van der Waals surface area contributed by atoms with Gasteiger partial charge in [0.1, 0.15) is 5.75 Å². The summed E-state index contributed by atoms with van der Waals surface area (Å²) in [4.78, 5) is 2.22. The molecular formula is C27H33N3O3. The van der Waals surface area contributed by atoms with Gasteiger partial charge in [-0.25, -0.2) is 4.68 Å². The van der Waals surface area contributed by atoms with Gasteiger partial charge in [0.2, 0.25) is 5.88 Å². The number of ether oxygens (including phenoxy) is 2. The summed E-state index contributed by atoms with van der Waals surface area (Å²) >= 11 is 0. The van der Waals surface area contributed by atoms with Crippen molar-refractivity contribution in [3.63, 3.8) is 0 Å². The standard InChI is InChI=1S/C27H33N3O3/c1-4-27(3,31)20-29(18-24-16-11-17-32-24)19-25-21(2)28-30(22-12-7-5-8-13-22)26(25)33-23-14-9-6-10-15-23/h4-10,12-15,24,31H,1,11,16-20H2,2-3H3. The van der Waals surface area contributed by atoms with Gasteiger partial charge >= 0.3 is 0 Å². The number of nitrogens with zero attached hydrogens (tertiary/aromatic N) is 3. The van der Waals surface area contributed by atoms with E-state index in [2.05, 4.69) is 11.5 Å². The predicted molar refractivity (Wildman–Crippen MR) is 130 cm³/mol. The lowest BCUT2D eigenvalue weighted by molar-refractivity contribution is 0.0239. The molecule has 0 spiro atoms. The molecule has 0 saturated carbocycles. The van der Waals surface area contributed by atoms with Crippen molar-refractivity contribution in [2.75, 3.05) is 19.7 Å². The Labute approximate surface area is 196 Å². The molecule has 6 heteroatoms. The molecule has 0 amide bonds. The van der Waals surface area contributed by atoms with Crippen LogP contribution in [0.3, 0.4) is 0 Å². The van der Waals surface area contributed by atoms with Crippen molar-refractivity contribution in [3.05, 3.63) is 84.6 Å². The first-order valence-corrected chi connectivity index (χ1v) is 11.5. The van der Waals surface area contributed by atoms with Gasteiger partial charge in [-0.1, -0.05) is 42.5 Å². The van der Waals surface area contributed by atoms with Crippen molar-refractivity contribution in [2.24, 2.45) is 0 Å². The van der Waals surface area contributed by atoms with E-state index in [4.69, 9.17) is 14.6 Å². The predicted octanol–water partition coefficient (Wildman–Crippen LogP) is 4.89. The van der Waals surface area contributed by atoms with Gasteiger partial charge in [-0.3, -0.25) is 4.90 Å². The van der Waals surface area contributed by atoms with Gasteiger partial charge in [-0.2, -0.15) is 5.10 Å². The van der Waals surface area contributed by atoms with E-state index in [1.54, 1.807) is 13.0 Å². The van der Waals surface area contributed by atoms with Crippen molar-refractivity contribution in [1.29, 1.82) is 0 Å². The summed E-state index contributed by atoms with van der Waals surface area (Å²) in [5, 5.41) is 15.6. The van der Waals surface area contributed by atoms with Crippen LogP contribution in [0.1, 0.15) is 31.0 Å². The molecule has 1 aliphatic heterocycles. The van der Waals surface area contributed by atoms with Crippen LogP contribution in [0.15, 0.2) is 73.3 Å². The van der Waals surface area contributed by atoms with E-state index in [1.165, 1.54) is 0 Å². The van der Waals surface area contributed by atoms with Crippen molar-refractivity contribution >= 4 is 0 Å². The smallest absolute Gasteiger partial charge is 0.227 e. The van der Waals surface area contributed by atoms with Crippen LogP contribution in [-0.4, -0.2) is 51.2 Å². The van der Waals surface area contributed by atoms with E-state index in [0.29, 0.717) is 19.0 Å². The number of rotatable bonds is 10. The number of aromatic nitrogens is 2. The number of aliphatic hydroxyl groups is 1. The highest BCUT2D eigenvalue weighted by atomic mass is 16.5. The molecule has 1 fully saturated rings. The summed E-state index contributed by atoms with van der Waals surface area (Å²) in [5.41, 5.74) is 1.80. The molecular weight excluding hydrogens is 414 g/mol. The Bertz CT molecular complexity index is 1040. The van der Waals surface area contributed by atoms with Crippen LogP contribution in [0.5, 0.6) is 11.6 Å². The topological polar surface area (TPSA) is 59.8 Å². The lowest BCUT2D eigenvalue weighted by Crippen LogP contribution is -2.42. The summed E-state index contributed by atoms with van der Waals surface area (Å²) in [6.07, 6.45) is 3.86. The van der Waals surface area contributed by atoms with Crippen LogP contribution < -0.4 is 4.74 Å². The van der Waals surface area contributed by atoms with E-state index < -0.39 is 5.60 Å². The Balaban J connectivity index is 1.70. The SMILES string of the molecule is C=CC(C)(O)CN(Cc1c(C)nn(-c2ccccc2)c1Oc1ccccc1)CC1CCCO1. The Morgan fingerprint density at radius 3 is 2.55 bits per heavy atom. The van der Waals surface area contributed by atoms with Crippen molar-refractivity contribution in [1.82, 2.24) is 14.7 Å². The van der Waals surface area contributed by atoms with E-state index in [9.17, 15) is 5.11 Å². The second-order valence-corrected chi connectivity index (χ2v) is 8.90. The van der Waals surface area contributed by atoms with E-state index in [1.807, 2.05) is 72.3 Å². The molecule has 3 aromatic rings. The molecule has 0 bridgehead atoms. The second kappa shape index (κ2) is 10.3. The highest BCUT2D eigenvalue weighted by Gasteiger charge is 2.28. The third kappa shape index (κ3) is 5.90. The lowest BCUT2D eigenvalue weighted by Gasteiger charge is -2.31. The third-order valence-corrected chi connectivity index (χ3v) is 5.95. The highest BCUT2D eigenvalue weighted by molar-refractivity contribution is 5.43. The van der Waals surface area contributed by atoms with Crippen molar-refractivity contribution in [2.45, 2.75) is 44.9 Å². The summed E-state index contributed by atoms with van der Waals surface area (Å²) < 4.78 is 14.2. The molecule has 2 aromatic carbocycles. The van der Waals surface area contributed by atoms with E-state index >= 15 is 0 Å². The second-order valence-electron chi connectivity index (χ2n) is 8.90. The van der Waals surface area contributed by atoms with Gasteiger partial charge in [0, 0.05) is 26.2 Å². The van der Waals surface area contributed by atoms with Crippen molar-refractivity contribution < 1.29 is 14.6 Å². The minimum atomic E-state index is -1.01. The maximum absolute atomic E-state index is 10.7. The van der Waals surface area contributed by atoms with Gasteiger partial charge in [-0.05, 0) is 51.0 Å². The van der Waals surface area contributed by atoms with Crippen LogP contribution in [0.2, 0.25) is 0 Å². The molecule has 1 aliphatic rings. The summed E-state index contributed by atoms with van der Waals surface area (Å²) in [5.74, 6) is 1.43. The molecule has 174 valence electrons. The van der Waals surface area contributed by atoms with Gasteiger partial charge in [0.05, 0.1) is 28.6 Å². The van der Waals surface area contributed by atoms with Crippen LogP contribution >= 0.6 is 0 Å². The average molecular weight is 448 g/mol. The summed E-state index contributed by atoms with van der Waals surface area (Å²) in [6.45, 7) is 10.1. The molecule has 2 unspecified atom stereocenters. The first-order valence-electron chi connectivity index (χ1n) is 11.5. The molecule has 2 atom stereocenters.